The summed E-state index contributed by atoms with van der Waals surface area (Å²) >= 11 is 0. The van der Waals surface area contributed by atoms with Gasteiger partial charge in [0, 0.05) is 13.1 Å². The van der Waals surface area contributed by atoms with E-state index in [1.54, 1.807) is 0 Å². The zero-order chi connectivity index (χ0) is 12.6. The lowest BCUT2D eigenvalue weighted by Crippen LogP contribution is -2.17. The van der Waals surface area contributed by atoms with E-state index >= 15 is 0 Å². The molecule has 6 nitrogen and oxygen atoms in total. The molecule has 0 unspecified atom stereocenters. The second-order valence-corrected chi connectivity index (χ2v) is 3.34. The van der Waals surface area contributed by atoms with Crippen LogP contribution in [0.4, 0.5) is 0 Å². The Balaban J connectivity index is 2.85. The van der Waals surface area contributed by atoms with Gasteiger partial charge in [-0.25, -0.2) is 0 Å². The highest BCUT2D eigenvalue weighted by molar-refractivity contribution is 4.37. The number of hydrogen-bond donors (Lipinski definition) is 2. The fourth-order valence-electron chi connectivity index (χ4n) is 1.02. The lowest BCUT2D eigenvalue weighted by atomic mass is 10.6. The van der Waals surface area contributed by atoms with Crippen LogP contribution in [0, 0.1) is 0 Å². The van der Waals surface area contributed by atoms with Crippen LogP contribution in [-0.2, 0) is 18.9 Å². The van der Waals surface area contributed by atoms with Crippen molar-refractivity contribution in [2.45, 2.75) is 0 Å². The van der Waals surface area contributed by atoms with Gasteiger partial charge in [-0.05, 0) is 7.05 Å². The van der Waals surface area contributed by atoms with Crippen molar-refractivity contribution in [3.8, 4) is 0 Å². The first-order valence-electron chi connectivity index (χ1n) is 6.07. The van der Waals surface area contributed by atoms with E-state index < -0.39 is 0 Å². The van der Waals surface area contributed by atoms with E-state index in [1.165, 1.54) is 0 Å². The molecule has 0 saturated heterocycles. The molecule has 0 rings (SSSR count). The maximum Gasteiger partial charge on any atom is 0.0701 e. The van der Waals surface area contributed by atoms with E-state index in [1.807, 2.05) is 7.05 Å². The highest BCUT2D eigenvalue weighted by Gasteiger charge is 1.91. The first-order chi connectivity index (χ1) is 8.41. The minimum Gasteiger partial charge on any atom is -0.378 e. The van der Waals surface area contributed by atoms with Crippen molar-refractivity contribution in [1.82, 2.24) is 5.32 Å². The zero-order valence-corrected chi connectivity index (χ0v) is 10.8. The van der Waals surface area contributed by atoms with Gasteiger partial charge in [-0.15, -0.1) is 0 Å². The highest BCUT2D eigenvalue weighted by Crippen LogP contribution is 1.82. The van der Waals surface area contributed by atoms with Crippen molar-refractivity contribution < 1.29 is 18.9 Å². The van der Waals surface area contributed by atoms with Crippen LogP contribution in [0.5, 0.6) is 0 Å². The lowest BCUT2D eigenvalue weighted by Gasteiger charge is -2.07. The van der Waals surface area contributed by atoms with Gasteiger partial charge in [-0.1, -0.05) is 0 Å². The number of ether oxygens (including phenoxy) is 4. The first-order valence-corrected chi connectivity index (χ1v) is 6.07. The van der Waals surface area contributed by atoms with E-state index in [9.17, 15) is 0 Å². The minimum atomic E-state index is 0.552. The van der Waals surface area contributed by atoms with E-state index in [2.05, 4.69) is 5.32 Å². The van der Waals surface area contributed by atoms with Gasteiger partial charge in [0.2, 0.25) is 0 Å². The third kappa shape index (κ3) is 15.8. The maximum atomic E-state index is 5.31. The van der Waals surface area contributed by atoms with E-state index in [-0.39, 0.29) is 0 Å². The van der Waals surface area contributed by atoms with Crippen LogP contribution in [0.3, 0.4) is 0 Å². The zero-order valence-electron chi connectivity index (χ0n) is 10.8. The summed E-state index contributed by atoms with van der Waals surface area (Å²) in [6.45, 7) is 6.31. The van der Waals surface area contributed by atoms with Gasteiger partial charge in [0.15, 0.2) is 0 Å². The van der Waals surface area contributed by atoms with E-state index in [4.69, 9.17) is 24.7 Å². The first kappa shape index (κ1) is 16.8. The number of nitrogens with two attached hydrogens (primary N) is 1. The molecule has 0 aliphatic heterocycles. The second-order valence-electron chi connectivity index (χ2n) is 3.34. The minimum absolute atomic E-state index is 0.552. The normalized spacial score (nSPS) is 10.9. The molecule has 0 bridgehead atoms. The Kier molecular flexibility index (Phi) is 15.5. The molecule has 0 aliphatic carbocycles. The van der Waals surface area contributed by atoms with Crippen molar-refractivity contribution >= 4 is 0 Å². The maximum absolute atomic E-state index is 5.31. The van der Waals surface area contributed by atoms with Gasteiger partial charge in [-0.2, -0.15) is 0 Å². The van der Waals surface area contributed by atoms with Gasteiger partial charge >= 0.3 is 0 Å². The number of rotatable bonds is 14. The Morgan fingerprint density at radius 2 is 1.12 bits per heavy atom. The molecule has 0 atom stereocenters. The van der Waals surface area contributed by atoms with Gasteiger partial charge in [0.25, 0.3) is 0 Å². The van der Waals surface area contributed by atoms with Gasteiger partial charge < -0.3 is 30.0 Å². The molecule has 0 aliphatic rings. The Hall–Kier alpha value is -0.240. The van der Waals surface area contributed by atoms with Gasteiger partial charge in [0.05, 0.1) is 52.9 Å². The fourth-order valence-corrected chi connectivity index (χ4v) is 1.02. The third-order valence-electron chi connectivity index (χ3n) is 1.87. The van der Waals surface area contributed by atoms with E-state index in [0.717, 1.165) is 13.2 Å². The predicted molar refractivity (Wildman–Crippen MR) is 66.3 cm³/mol. The molecule has 0 aromatic carbocycles. The second kappa shape index (κ2) is 15.8. The third-order valence-corrected chi connectivity index (χ3v) is 1.87. The Morgan fingerprint density at radius 3 is 1.53 bits per heavy atom. The predicted octanol–water partition coefficient (Wildman–Crippen LogP) is -0.769. The molecular formula is C11H26N2O4. The number of likely N-dealkylation sites (N-methyl/N-ethyl adjacent to an activating group) is 1. The van der Waals surface area contributed by atoms with Crippen LogP contribution in [0.15, 0.2) is 0 Å². The van der Waals surface area contributed by atoms with Crippen molar-refractivity contribution in [2.24, 2.45) is 5.73 Å². The molecule has 0 spiro atoms. The summed E-state index contributed by atoms with van der Waals surface area (Å²) in [4.78, 5) is 0. The Morgan fingerprint density at radius 1 is 0.706 bits per heavy atom. The molecule has 0 aromatic heterocycles. The summed E-state index contributed by atoms with van der Waals surface area (Å²) in [6, 6.07) is 0. The molecular weight excluding hydrogens is 224 g/mol. The molecule has 0 aromatic rings. The van der Waals surface area contributed by atoms with E-state index in [0.29, 0.717) is 52.8 Å². The number of hydrogen-bond acceptors (Lipinski definition) is 6. The summed E-state index contributed by atoms with van der Waals surface area (Å²) in [5, 5.41) is 3.00. The van der Waals surface area contributed by atoms with Crippen molar-refractivity contribution in [2.75, 3.05) is 73.0 Å². The molecule has 0 saturated carbocycles. The molecule has 6 heteroatoms. The molecule has 17 heavy (non-hydrogen) atoms. The molecule has 0 amide bonds. The van der Waals surface area contributed by atoms with Crippen LogP contribution >= 0.6 is 0 Å². The lowest BCUT2D eigenvalue weighted by molar-refractivity contribution is -0.000524. The van der Waals surface area contributed by atoms with Gasteiger partial charge in [0.1, 0.15) is 0 Å². The largest absolute Gasteiger partial charge is 0.378 e. The molecule has 0 fully saturated rings. The fraction of sp³-hybridized carbons (Fsp3) is 1.00. The summed E-state index contributed by atoms with van der Waals surface area (Å²) in [5.74, 6) is 0. The smallest absolute Gasteiger partial charge is 0.0701 e. The highest BCUT2D eigenvalue weighted by atomic mass is 16.6. The standard InChI is InChI=1S/C11H26N2O4/c1-13-3-5-15-7-9-17-11-10-16-8-6-14-4-2-12/h13H,2-12H2,1H3. The Labute approximate surface area is 104 Å². The average Bonchev–Trinajstić information content (AvgIpc) is 2.35. The van der Waals surface area contributed by atoms with Crippen LogP contribution in [0.25, 0.3) is 0 Å². The summed E-state index contributed by atoms with van der Waals surface area (Å²) in [6.07, 6.45) is 0. The monoisotopic (exact) mass is 250 g/mol. The number of nitrogens with one attached hydrogen (secondary N) is 1. The Bertz CT molecular complexity index is 125. The molecule has 0 heterocycles. The molecule has 3 N–H and O–H groups in total. The molecule has 0 radical (unpaired) electrons. The topological polar surface area (TPSA) is 75.0 Å². The summed E-state index contributed by atoms with van der Waals surface area (Å²) in [7, 11) is 1.90. The van der Waals surface area contributed by atoms with Crippen molar-refractivity contribution in [1.29, 1.82) is 0 Å². The van der Waals surface area contributed by atoms with Gasteiger partial charge in [-0.3, -0.25) is 0 Å². The summed E-state index contributed by atoms with van der Waals surface area (Å²) < 4.78 is 21.0. The van der Waals surface area contributed by atoms with Crippen LogP contribution in [-0.4, -0.2) is 73.0 Å². The van der Waals surface area contributed by atoms with Crippen molar-refractivity contribution in [3.05, 3.63) is 0 Å². The van der Waals surface area contributed by atoms with Crippen LogP contribution < -0.4 is 11.1 Å². The van der Waals surface area contributed by atoms with Crippen molar-refractivity contribution in [3.63, 3.8) is 0 Å². The molecule has 104 valence electrons. The quantitative estimate of drug-likeness (QED) is 0.394. The average molecular weight is 250 g/mol. The van der Waals surface area contributed by atoms with Crippen LogP contribution in [0.2, 0.25) is 0 Å². The van der Waals surface area contributed by atoms with Crippen LogP contribution in [0.1, 0.15) is 0 Å². The SMILES string of the molecule is CNCCOCCOCCOCCOCCN. The summed E-state index contributed by atoms with van der Waals surface area (Å²) in [5.41, 5.74) is 5.27.